The van der Waals surface area contributed by atoms with Crippen molar-refractivity contribution in [1.29, 1.82) is 0 Å². The summed E-state index contributed by atoms with van der Waals surface area (Å²) in [6, 6.07) is 5.58. The lowest BCUT2D eigenvalue weighted by atomic mass is 10.1. The fourth-order valence-corrected chi connectivity index (χ4v) is 1.42. The molecule has 3 N–H and O–H groups in total. The van der Waals surface area contributed by atoms with E-state index >= 15 is 0 Å². The van der Waals surface area contributed by atoms with Gasteiger partial charge in [0.25, 0.3) is 0 Å². The standard InChI is InChI=1S/C12H15NO4/c1-2-9(12(16)17)13-11(15)7-8-5-3-4-6-10(8)14/h3-6,9,14H,2,7H2,1H3,(H,13,15)(H,16,17). The molecule has 0 radical (unpaired) electrons. The summed E-state index contributed by atoms with van der Waals surface area (Å²) in [5, 5.41) is 20.6. The first-order valence-corrected chi connectivity index (χ1v) is 5.33. The Balaban J connectivity index is 2.61. The fourth-order valence-electron chi connectivity index (χ4n) is 1.42. The molecule has 1 aromatic carbocycles. The molecule has 0 fully saturated rings. The lowest BCUT2D eigenvalue weighted by molar-refractivity contribution is -0.141. The summed E-state index contributed by atoms with van der Waals surface area (Å²) in [4.78, 5) is 22.3. The molecular formula is C12H15NO4. The summed E-state index contributed by atoms with van der Waals surface area (Å²) >= 11 is 0. The van der Waals surface area contributed by atoms with Gasteiger partial charge in [0.2, 0.25) is 5.91 Å². The maximum atomic E-state index is 11.6. The predicted octanol–water partition coefficient (Wildman–Crippen LogP) is 0.914. The molecule has 5 nitrogen and oxygen atoms in total. The van der Waals surface area contributed by atoms with Crippen LogP contribution in [-0.4, -0.2) is 28.1 Å². The maximum Gasteiger partial charge on any atom is 0.326 e. The Morgan fingerprint density at radius 3 is 2.53 bits per heavy atom. The highest BCUT2D eigenvalue weighted by atomic mass is 16.4. The number of phenolic OH excluding ortho intramolecular Hbond substituents is 1. The number of carboxylic acid groups (broad SMARTS) is 1. The van der Waals surface area contributed by atoms with Crippen LogP contribution in [0.5, 0.6) is 5.75 Å². The smallest absolute Gasteiger partial charge is 0.326 e. The Kier molecular flexibility index (Phi) is 4.51. The van der Waals surface area contributed by atoms with Crippen molar-refractivity contribution < 1.29 is 19.8 Å². The maximum absolute atomic E-state index is 11.6. The van der Waals surface area contributed by atoms with Gasteiger partial charge in [-0.25, -0.2) is 4.79 Å². The molecule has 0 aliphatic carbocycles. The van der Waals surface area contributed by atoms with E-state index in [1.54, 1.807) is 25.1 Å². The van der Waals surface area contributed by atoms with Crippen LogP contribution in [0.25, 0.3) is 0 Å². The van der Waals surface area contributed by atoms with Crippen molar-refractivity contribution >= 4 is 11.9 Å². The molecule has 17 heavy (non-hydrogen) atoms. The van der Waals surface area contributed by atoms with Crippen LogP contribution < -0.4 is 5.32 Å². The third-order valence-corrected chi connectivity index (χ3v) is 2.38. The van der Waals surface area contributed by atoms with Crippen LogP contribution in [0.1, 0.15) is 18.9 Å². The number of carbonyl (C=O) groups is 2. The number of nitrogens with one attached hydrogen (secondary N) is 1. The summed E-state index contributed by atoms with van der Waals surface area (Å²) in [5.41, 5.74) is 0.477. The van der Waals surface area contributed by atoms with Gasteiger partial charge in [-0.1, -0.05) is 25.1 Å². The van der Waals surface area contributed by atoms with Crippen LogP contribution in [0.15, 0.2) is 24.3 Å². The van der Waals surface area contributed by atoms with Gasteiger partial charge in [-0.3, -0.25) is 4.79 Å². The van der Waals surface area contributed by atoms with Gasteiger partial charge in [0.15, 0.2) is 0 Å². The molecule has 1 rings (SSSR count). The van der Waals surface area contributed by atoms with Crippen molar-refractivity contribution in [2.24, 2.45) is 0 Å². The van der Waals surface area contributed by atoms with E-state index in [0.717, 1.165) is 0 Å². The minimum Gasteiger partial charge on any atom is -0.508 e. The number of hydrogen-bond donors (Lipinski definition) is 3. The molecule has 0 aliphatic heterocycles. The number of aliphatic carboxylic acids is 1. The summed E-state index contributed by atoms with van der Waals surface area (Å²) < 4.78 is 0. The van der Waals surface area contributed by atoms with Gasteiger partial charge in [0, 0.05) is 5.56 Å². The van der Waals surface area contributed by atoms with E-state index in [9.17, 15) is 14.7 Å². The lowest BCUT2D eigenvalue weighted by Crippen LogP contribution is -2.40. The SMILES string of the molecule is CCC(NC(=O)Cc1ccccc1O)C(=O)O. The fraction of sp³-hybridized carbons (Fsp3) is 0.333. The normalized spacial score (nSPS) is 11.8. The molecule has 5 heteroatoms. The Morgan fingerprint density at radius 1 is 1.35 bits per heavy atom. The first kappa shape index (κ1) is 13.0. The minimum absolute atomic E-state index is 0.0313. The summed E-state index contributed by atoms with van der Waals surface area (Å²) in [6.45, 7) is 1.68. The first-order valence-electron chi connectivity index (χ1n) is 5.33. The molecule has 1 unspecified atom stereocenters. The molecule has 0 heterocycles. The van der Waals surface area contributed by atoms with Crippen molar-refractivity contribution in [3.05, 3.63) is 29.8 Å². The number of phenols is 1. The van der Waals surface area contributed by atoms with Crippen LogP contribution in [0.4, 0.5) is 0 Å². The number of para-hydroxylation sites is 1. The van der Waals surface area contributed by atoms with E-state index in [1.807, 2.05) is 0 Å². The molecule has 0 saturated carbocycles. The monoisotopic (exact) mass is 237 g/mol. The summed E-state index contributed by atoms with van der Waals surface area (Å²) in [6.07, 6.45) is 0.290. The van der Waals surface area contributed by atoms with Crippen molar-refractivity contribution in [2.75, 3.05) is 0 Å². The molecular weight excluding hydrogens is 222 g/mol. The number of carbonyl (C=O) groups excluding carboxylic acids is 1. The summed E-state index contributed by atoms with van der Waals surface area (Å²) in [7, 11) is 0. The van der Waals surface area contributed by atoms with Gasteiger partial charge in [0.1, 0.15) is 11.8 Å². The molecule has 0 aromatic heterocycles. The second kappa shape index (κ2) is 5.89. The van der Waals surface area contributed by atoms with Crippen LogP contribution in [0, 0.1) is 0 Å². The van der Waals surface area contributed by atoms with E-state index in [1.165, 1.54) is 6.07 Å². The van der Waals surface area contributed by atoms with Gasteiger partial charge >= 0.3 is 5.97 Å². The summed E-state index contributed by atoms with van der Waals surface area (Å²) in [5.74, 6) is -1.44. The molecule has 1 aromatic rings. The highest BCUT2D eigenvalue weighted by Gasteiger charge is 2.18. The number of rotatable bonds is 5. The second-order valence-electron chi connectivity index (χ2n) is 3.67. The molecule has 92 valence electrons. The number of aromatic hydroxyl groups is 1. The van der Waals surface area contributed by atoms with Gasteiger partial charge in [-0.2, -0.15) is 0 Å². The van der Waals surface area contributed by atoms with Gasteiger partial charge in [0.05, 0.1) is 6.42 Å². The third kappa shape index (κ3) is 3.79. The van der Waals surface area contributed by atoms with Crippen molar-refractivity contribution in [3.8, 4) is 5.75 Å². The number of carboxylic acids is 1. The van der Waals surface area contributed by atoms with Gasteiger partial charge in [-0.15, -0.1) is 0 Å². The van der Waals surface area contributed by atoms with Crippen molar-refractivity contribution in [3.63, 3.8) is 0 Å². The molecule has 0 spiro atoms. The van der Waals surface area contributed by atoms with E-state index in [-0.39, 0.29) is 12.2 Å². The van der Waals surface area contributed by atoms with Crippen molar-refractivity contribution in [2.45, 2.75) is 25.8 Å². The van der Waals surface area contributed by atoms with E-state index in [4.69, 9.17) is 5.11 Å². The Labute approximate surface area is 99.1 Å². The number of hydrogen-bond acceptors (Lipinski definition) is 3. The zero-order valence-corrected chi connectivity index (χ0v) is 9.51. The van der Waals surface area contributed by atoms with E-state index in [2.05, 4.69) is 5.32 Å². The van der Waals surface area contributed by atoms with Crippen LogP contribution in [-0.2, 0) is 16.0 Å². The van der Waals surface area contributed by atoms with Gasteiger partial charge in [-0.05, 0) is 12.5 Å². The number of amides is 1. The number of benzene rings is 1. The Morgan fingerprint density at radius 2 is 2.00 bits per heavy atom. The molecule has 0 aliphatic rings. The van der Waals surface area contributed by atoms with E-state index < -0.39 is 17.9 Å². The average Bonchev–Trinajstić information content (AvgIpc) is 2.28. The highest BCUT2D eigenvalue weighted by Crippen LogP contribution is 2.15. The molecule has 0 bridgehead atoms. The largest absolute Gasteiger partial charge is 0.508 e. The first-order chi connectivity index (χ1) is 8.04. The van der Waals surface area contributed by atoms with E-state index in [0.29, 0.717) is 12.0 Å². The Hall–Kier alpha value is -2.04. The van der Waals surface area contributed by atoms with Crippen LogP contribution >= 0.6 is 0 Å². The quantitative estimate of drug-likeness (QED) is 0.710. The molecule has 1 atom stereocenters. The van der Waals surface area contributed by atoms with Gasteiger partial charge < -0.3 is 15.5 Å². The zero-order valence-electron chi connectivity index (χ0n) is 9.51. The zero-order chi connectivity index (χ0) is 12.8. The van der Waals surface area contributed by atoms with Crippen molar-refractivity contribution in [1.82, 2.24) is 5.32 Å². The molecule has 0 saturated heterocycles. The highest BCUT2D eigenvalue weighted by molar-refractivity contribution is 5.85. The lowest BCUT2D eigenvalue weighted by Gasteiger charge is -2.12. The predicted molar refractivity (Wildman–Crippen MR) is 61.7 cm³/mol. The van der Waals surface area contributed by atoms with Crippen LogP contribution in [0.3, 0.4) is 0 Å². The topological polar surface area (TPSA) is 86.6 Å². The van der Waals surface area contributed by atoms with Crippen LogP contribution in [0.2, 0.25) is 0 Å². The second-order valence-corrected chi connectivity index (χ2v) is 3.67. The third-order valence-electron chi connectivity index (χ3n) is 2.38. The average molecular weight is 237 g/mol. The minimum atomic E-state index is -1.06. The molecule has 1 amide bonds. The Bertz CT molecular complexity index is 417.